The van der Waals surface area contributed by atoms with Crippen LogP contribution in [0, 0.1) is 0 Å². The summed E-state index contributed by atoms with van der Waals surface area (Å²) in [7, 11) is 0. The maximum Gasteiger partial charge on any atom is 0.351 e. The van der Waals surface area contributed by atoms with E-state index >= 15 is 0 Å². The van der Waals surface area contributed by atoms with Crippen LogP contribution in [0.1, 0.15) is 18.3 Å². The van der Waals surface area contributed by atoms with Gasteiger partial charge >= 0.3 is 5.69 Å². The highest BCUT2D eigenvalue weighted by molar-refractivity contribution is 5.80. The van der Waals surface area contributed by atoms with Crippen molar-refractivity contribution >= 4 is 0 Å². The van der Waals surface area contributed by atoms with E-state index in [1.807, 2.05) is 85.8 Å². The van der Waals surface area contributed by atoms with E-state index in [-0.39, 0.29) is 5.69 Å². The van der Waals surface area contributed by atoms with E-state index in [1.165, 1.54) is 4.68 Å². The molecule has 0 bridgehead atoms. The van der Waals surface area contributed by atoms with Gasteiger partial charge in [0.1, 0.15) is 5.82 Å². The summed E-state index contributed by atoms with van der Waals surface area (Å²) in [5, 5.41) is 18.9. The van der Waals surface area contributed by atoms with Crippen LogP contribution in [0.5, 0.6) is 0 Å². The van der Waals surface area contributed by atoms with Crippen molar-refractivity contribution in [3.63, 3.8) is 0 Å². The number of rotatable bonds is 6. The minimum Gasteiger partial charge on any atom is -0.274 e. The fraction of sp³-hybridized carbons (Fsp3) is 0.125. The van der Waals surface area contributed by atoms with E-state index in [2.05, 4.69) is 25.7 Å². The van der Waals surface area contributed by atoms with Crippen LogP contribution in [0.4, 0.5) is 0 Å². The molecule has 0 spiro atoms. The van der Waals surface area contributed by atoms with Crippen LogP contribution in [-0.2, 0) is 13.0 Å². The third-order valence-electron chi connectivity index (χ3n) is 5.38. The molecule has 0 fully saturated rings. The molecule has 0 saturated heterocycles. The summed E-state index contributed by atoms with van der Waals surface area (Å²) >= 11 is 0. The largest absolute Gasteiger partial charge is 0.351 e. The second-order valence-electron chi connectivity index (χ2n) is 7.36. The lowest BCUT2D eigenvalue weighted by Crippen LogP contribution is -2.24. The van der Waals surface area contributed by atoms with Gasteiger partial charge in [-0.05, 0) is 34.0 Å². The Kier molecular flexibility index (Phi) is 5.17. The smallest absolute Gasteiger partial charge is 0.274 e. The van der Waals surface area contributed by atoms with Gasteiger partial charge in [-0.1, -0.05) is 73.7 Å². The van der Waals surface area contributed by atoms with Gasteiger partial charge in [0.25, 0.3) is 0 Å². The summed E-state index contributed by atoms with van der Waals surface area (Å²) in [6.45, 7) is 2.47. The minimum absolute atomic E-state index is 0.139. The Balaban J connectivity index is 1.46. The molecule has 2 aromatic heterocycles. The van der Waals surface area contributed by atoms with Gasteiger partial charge in [0.05, 0.1) is 12.2 Å². The van der Waals surface area contributed by atoms with Crippen LogP contribution in [0.15, 0.2) is 83.7 Å². The number of para-hydroxylation sites is 1. The fourth-order valence-electron chi connectivity index (χ4n) is 3.77. The summed E-state index contributed by atoms with van der Waals surface area (Å²) in [6.07, 6.45) is 0.672. The Bertz CT molecular complexity index is 1380. The first-order valence-electron chi connectivity index (χ1n) is 10.4. The Morgan fingerprint density at radius 2 is 1.59 bits per heavy atom. The Labute approximate surface area is 184 Å². The number of nitrogens with one attached hydrogen (secondary N) is 1. The molecule has 5 rings (SSSR count). The van der Waals surface area contributed by atoms with Crippen LogP contribution >= 0.6 is 0 Å². The van der Waals surface area contributed by atoms with Crippen LogP contribution in [0.25, 0.3) is 28.2 Å². The molecule has 0 atom stereocenters. The summed E-state index contributed by atoms with van der Waals surface area (Å²) in [4.78, 5) is 13.1. The number of nitrogens with zero attached hydrogens (tertiary/aromatic N) is 6. The first-order chi connectivity index (χ1) is 15.7. The molecular formula is C24H21N7O. The molecule has 0 aliphatic rings. The molecule has 0 unspecified atom stereocenters. The second-order valence-corrected chi connectivity index (χ2v) is 7.36. The number of tetrazole rings is 1. The van der Waals surface area contributed by atoms with Crippen molar-refractivity contribution in [1.82, 2.24) is 35.0 Å². The van der Waals surface area contributed by atoms with Crippen LogP contribution in [0.2, 0.25) is 0 Å². The molecule has 1 N–H and O–H groups in total. The van der Waals surface area contributed by atoms with Crippen molar-refractivity contribution in [2.24, 2.45) is 0 Å². The number of benzene rings is 3. The molecule has 0 saturated carbocycles. The van der Waals surface area contributed by atoms with E-state index in [0.717, 1.165) is 33.8 Å². The lowest BCUT2D eigenvalue weighted by molar-refractivity contribution is 0.706. The predicted octanol–water partition coefficient (Wildman–Crippen LogP) is 3.49. The highest BCUT2D eigenvalue weighted by Crippen LogP contribution is 2.29. The van der Waals surface area contributed by atoms with E-state index in [1.54, 1.807) is 4.57 Å². The zero-order valence-electron chi connectivity index (χ0n) is 17.5. The van der Waals surface area contributed by atoms with Gasteiger partial charge in [0.2, 0.25) is 5.82 Å². The molecular weight excluding hydrogens is 402 g/mol. The fourth-order valence-corrected chi connectivity index (χ4v) is 3.77. The number of aryl methyl sites for hydroxylation is 1. The summed E-state index contributed by atoms with van der Waals surface area (Å²) in [6, 6.07) is 25.6. The third kappa shape index (κ3) is 3.62. The zero-order valence-corrected chi connectivity index (χ0v) is 17.5. The van der Waals surface area contributed by atoms with Crippen LogP contribution in [0.3, 0.4) is 0 Å². The quantitative estimate of drug-likeness (QED) is 0.451. The minimum atomic E-state index is -0.139. The van der Waals surface area contributed by atoms with Crippen molar-refractivity contribution in [2.75, 3.05) is 0 Å². The van der Waals surface area contributed by atoms with E-state index in [0.29, 0.717) is 18.8 Å². The lowest BCUT2D eigenvalue weighted by atomic mass is 9.98. The van der Waals surface area contributed by atoms with E-state index in [4.69, 9.17) is 0 Å². The molecule has 158 valence electrons. The van der Waals surface area contributed by atoms with Crippen LogP contribution in [-0.4, -0.2) is 35.0 Å². The first-order valence-corrected chi connectivity index (χ1v) is 10.4. The van der Waals surface area contributed by atoms with E-state index in [9.17, 15) is 4.79 Å². The SMILES string of the molecule is CCc1nn(-c2ccccc2)c(=O)n1Cc1ccc(-c2ccccc2-c2nn[nH]n2)cc1. The third-order valence-corrected chi connectivity index (χ3v) is 5.38. The van der Waals surface area contributed by atoms with Crippen molar-refractivity contribution < 1.29 is 0 Å². The van der Waals surface area contributed by atoms with Gasteiger partial charge in [-0.3, -0.25) is 4.57 Å². The first kappa shape index (κ1) is 19.6. The van der Waals surface area contributed by atoms with Crippen LogP contribution < -0.4 is 5.69 Å². The lowest BCUT2D eigenvalue weighted by Gasteiger charge is -2.09. The van der Waals surface area contributed by atoms with E-state index < -0.39 is 0 Å². The highest BCUT2D eigenvalue weighted by Gasteiger charge is 2.14. The summed E-state index contributed by atoms with van der Waals surface area (Å²) in [5.74, 6) is 1.31. The normalized spacial score (nSPS) is 11.0. The Hall–Kier alpha value is -4.33. The van der Waals surface area contributed by atoms with Crippen molar-refractivity contribution in [1.29, 1.82) is 0 Å². The predicted molar refractivity (Wildman–Crippen MR) is 121 cm³/mol. The monoisotopic (exact) mass is 423 g/mol. The molecule has 3 aromatic carbocycles. The molecule has 0 amide bonds. The molecule has 5 aromatic rings. The van der Waals surface area contributed by atoms with Gasteiger partial charge in [-0.25, -0.2) is 4.79 Å². The average Bonchev–Trinajstić information content (AvgIpc) is 3.49. The van der Waals surface area contributed by atoms with Crippen molar-refractivity contribution in [2.45, 2.75) is 19.9 Å². The zero-order chi connectivity index (χ0) is 21.9. The summed E-state index contributed by atoms with van der Waals surface area (Å²) in [5.41, 5.74) is 4.61. The number of H-pyrrole nitrogens is 1. The number of aromatic amines is 1. The van der Waals surface area contributed by atoms with Crippen molar-refractivity contribution in [3.8, 4) is 28.2 Å². The Morgan fingerprint density at radius 1 is 0.875 bits per heavy atom. The van der Waals surface area contributed by atoms with Gasteiger partial charge in [-0.2, -0.15) is 9.90 Å². The average molecular weight is 423 g/mol. The highest BCUT2D eigenvalue weighted by atomic mass is 16.2. The standard InChI is InChI=1S/C24H21N7O/c1-2-22-27-31(19-8-4-3-5-9-19)24(32)30(22)16-17-12-14-18(15-13-17)20-10-6-7-11-21(20)23-25-28-29-26-23/h3-15H,2,16H2,1H3,(H,25,26,28,29). The van der Waals surface area contributed by atoms with Gasteiger partial charge in [0.15, 0.2) is 0 Å². The Morgan fingerprint density at radius 3 is 2.28 bits per heavy atom. The maximum atomic E-state index is 13.1. The van der Waals surface area contributed by atoms with Crippen molar-refractivity contribution in [3.05, 3.63) is 101 Å². The second kappa shape index (κ2) is 8.43. The molecule has 0 aliphatic heterocycles. The maximum absolute atomic E-state index is 13.1. The molecule has 0 aliphatic carbocycles. The van der Waals surface area contributed by atoms with Gasteiger partial charge < -0.3 is 0 Å². The molecule has 0 radical (unpaired) electrons. The molecule has 32 heavy (non-hydrogen) atoms. The number of hydrogen-bond donors (Lipinski definition) is 1. The summed E-state index contributed by atoms with van der Waals surface area (Å²) < 4.78 is 3.20. The van der Waals surface area contributed by atoms with Gasteiger partial charge in [0, 0.05) is 12.0 Å². The molecule has 8 nitrogen and oxygen atoms in total. The van der Waals surface area contributed by atoms with Gasteiger partial charge in [-0.15, -0.1) is 15.3 Å². The number of hydrogen-bond acceptors (Lipinski definition) is 5. The molecule has 2 heterocycles. The molecule has 8 heteroatoms. The number of aromatic nitrogens is 7. The topological polar surface area (TPSA) is 94.3 Å².